The molecular weight excluding hydrogens is 395 g/mol. The third-order valence-corrected chi connectivity index (χ3v) is 3.93. The van der Waals surface area contributed by atoms with E-state index < -0.39 is 18.0 Å². The predicted octanol–water partition coefficient (Wildman–Crippen LogP) is 3.57. The van der Waals surface area contributed by atoms with Gasteiger partial charge < -0.3 is 15.7 Å². The van der Waals surface area contributed by atoms with Crippen LogP contribution in [-0.2, 0) is 4.79 Å². The van der Waals surface area contributed by atoms with Crippen molar-refractivity contribution in [1.29, 1.82) is 0 Å². The number of urea groups is 1. The number of carboxylic acid groups (broad SMARTS) is 1. The van der Waals surface area contributed by atoms with E-state index in [2.05, 4.69) is 33.2 Å². The summed E-state index contributed by atoms with van der Waals surface area (Å²) in [5.74, 6) is -1.21. The fourth-order valence-corrected chi connectivity index (χ4v) is 2.48. The number of aliphatic carboxylic acids is 1. The van der Waals surface area contributed by atoms with E-state index in [9.17, 15) is 9.59 Å². The summed E-state index contributed by atoms with van der Waals surface area (Å²) in [6.45, 7) is 3.65. The second-order valence-electron chi connectivity index (χ2n) is 4.42. The molecule has 0 aliphatic rings. The van der Waals surface area contributed by atoms with Crippen molar-refractivity contribution in [1.82, 2.24) is 5.32 Å². The number of carbonyl (C=O) groups is 2. The first-order valence-electron chi connectivity index (χ1n) is 6.10. The number of carbonyl (C=O) groups excluding carboxylic acids is 1. The number of halogens is 2. The quantitative estimate of drug-likeness (QED) is 0.650. The zero-order valence-corrected chi connectivity index (χ0v) is 14.0. The molecule has 0 aliphatic heterocycles. The molecule has 7 heteroatoms. The van der Waals surface area contributed by atoms with E-state index in [1.807, 2.05) is 6.92 Å². The zero-order valence-electron chi connectivity index (χ0n) is 11.1. The average molecular weight is 411 g/mol. The molecule has 3 N–H and O–H groups in total. The van der Waals surface area contributed by atoms with Crippen LogP contribution in [0.25, 0.3) is 0 Å². The van der Waals surface area contributed by atoms with Crippen molar-refractivity contribution in [3.63, 3.8) is 0 Å². The number of hydrogen-bond donors (Lipinski definition) is 3. The zero-order chi connectivity index (χ0) is 15.3. The Balaban J connectivity index is 2.73. The highest BCUT2D eigenvalue weighted by atomic mass is 127. The third-order valence-electron chi connectivity index (χ3n) is 2.94. The van der Waals surface area contributed by atoms with Gasteiger partial charge in [0, 0.05) is 3.57 Å². The molecule has 0 heterocycles. The van der Waals surface area contributed by atoms with Crippen LogP contribution in [0, 0.1) is 9.49 Å². The van der Waals surface area contributed by atoms with Crippen molar-refractivity contribution in [3.8, 4) is 0 Å². The molecule has 0 saturated carbocycles. The molecule has 1 aromatic rings. The van der Waals surface area contributed by atoms with Crippen molar-refractivity contribution >= 4 is 51.9 Å². The predicted molar refractivity (Wildman–Crippen MR) is 87.2 cm³/mol. The fraction of sp³-hybridized carbons (Fsp3) is 0.385. The molecule has 0 saturated heterocycles. The van der Waals surface area contributed by atoms with Gasteiger partial charge in [0.05, 0.1) is 10.7 Å². The largest absolute Gasteiger partial charge is 0.480 e. The van der Waals surface area contributed by atoms with Gasteiger partial charge in [0.25, 0.3) is 0 Å². The molecular formula is C13H16ClIN2O3. The summed E-state index contributed by atoms with van der Waals surface area (Å²) in [6, 6.07) is 3.67. The highest BCUT2D eigenvalue weighted by Gasteiger charge is 2.25. The molecule has 2 atom stereocenters. The fourth-order valence-electron chi connectivity index (χ4n) is 1.57. The van der Waals surface area contributed by atoms with E-state index in [1.54, 1.807) is 25.1 Å². The van der Waals surface area contributed by atoms with Gasteiger partial charge >= 0.3 is 12.0 Å². The van der Waals surface area contributed by atoms with Gasteiger partial charge in [0.2, 0.25) is 0 Å². The van der Waals surface area contributed by atoms with Crippen LogP contribution in [0.15, 0.2) is 18.2 Å². The summed E-state index contributed by atoms with van der Waals surface area (Å²) in [4.78, 5) is 23.0. The normalized spacial score (nSPS) is 13.4. The van der Waals surface area contributed by atoms with E-state index in [0.29, 0.717) is 17.1 Å². The lowest BCUT2D eigenvalue weighted by Gasteiger charge is -2.20. The van der Waals surface area contributed by atoms with Crippen molar-refractivity contribution in [2.45, 2.75) is 26.3 Å². The van der Waals surface area contributed by atoms with Crippen LogP contribution in [0.1, 0.15) is 20.3 Å². The number of carboxylic acids is 1. The summed E-state index contributed by atoms with van der Waals surface area (Å²) in [6.07, 6.45) is 0.654. The Labute approximate surface area is 136 Å². The van der Waals surface area contributed by atoms with E-state index in [4.69, 9.17) is 16.7 Å². The summed E-state index contributed by atoms with van der Waals surface area (Å²) in [7, 11) is 0. The Hall–Kier alpha value is -1.02. The molecule has 5 nitrogen and oxygen atoms in total. The first-order chi connectivity index (χ1) is 9.35. The van der Waals surface area contributed by atoms with E-state index in [1.165, 1.54) is 0 Å². The summed E-state index contributed by atoms with van der Waals surface area (Å²) in [5.41, 5.74) is 0.442. The Morgan fingerprint density at radius 1 is 1.45 bits per heavy atom. The maximum absolute atomic E-state index is 11.8. The minimum Gasteiger partial charge on any atom is -0.480 e. The van der Waals surface area contributed by atoms with Gasteiger partial charge in [-0.1, -0.05) is 31.9 Å². The first kappa shape index (κ1) is 17.0. The third kappa shape index (κ3) is 4.82. The summed E-state index contributed by atoms with van der Waals surface area (Å²) in [5, 5.41) is 14.5. The number of benzene rings is 1. The van der Waals surface area contributed by atoms with Crippen LogP contribution < -0.4 is 10.6 Å². The van der Waals surface area contributed by atoms with E-state index in [-0.39, 0.29) is 5.92 Å². The van der Waals surface area contributed by atoms with Gasteiger partial charge in [-0.15, -0.1) is 0 Å². The smallest absolute Gasteiger partial charge is 0.326 e. The first-order valence-corrected chi connectivity index (χ1v) is 7.56. The number of hydrogen-bond acceptors (Lipinski definition) is 2. The number of nitrogens with one attached hydrogen (secondary N) is 2. The lowest BCUT2D eigenvalue weighted by Crippen LogP contribution is -2.46. The van der Waals surface area contributed by atoms with Gasteiger partial charge in [-0.3, -0.25) is 0 Å². The lowest BCUT2D eigenvalue weighted by atomic mass is 9.99. The topological polar surface area (TPSA) is 78.4 Å². The second kappa shape index (κ2) is 7.68. The van der Waals surface area contributed by atoms with Crippen molar-refractivity contribution in [3.05, 3.63) is 26.8 Å². The van der Waals surface area contributed by atoms with Crippen LogP contribution in [0.2, 0.25) is 5.02 Å². The van der Waals surface area contributed by atoms with Gasteiger partial charge in [0.15, 0.2) is 0 Å². The van der Waals surface area contributed by atoms with E-state index in [0.717, 1.165) is 3.57 Å². The van der Waals surface area contributed by atoms with Gasteiger partial charge in [-0.2, -0.15) is 0 Å². The molecule has 0 aromatic heterocycles. The molecule has 20 heavy (non-hydrogen) atoms. The van der Waals surface area contributed by atoms with E-state index >= 15 is 0 Å². The van der Waals surface area contributed by atoms with Crippen LogP contribution in [0.4, 0.5) is 10.5 Å². The SMILES string of the molecule is CCC(C)[C@H](NC(=O)Nc1ccc(I)cc1Cl)C(=O)O. The molecule has 0 fully saturated rings. The minimum atomic E-state index is -1.05. The minimum absolute atomic E-state index is 0.162. The lowest BCUT2D eigenvalue weighted by molar-refractivity contribution is -0.140. The molecule has 0 radical (unpaired) electrons. The number of rotatable bonds is 5. The Morgan fingerprint density at radius 3 is 2.60 bits per heavy atom. The molecule has 1 rings (SSSR count). The monoisotopic (exact) mass is 410 g/mol. The molecule has 0 bridgehead atoms. The molecule has 0 aliphatic carbocycles. The second-order valence-corrected chi connectivity index (χ2v) is 6.08. The van der Waals surface area contributed by atoms with Crippen LogP contribution in [-0.4, -0.2) is 23.1 Å². The summed E-state index contributed by atoms with van der Waals surface area (Å²) >= 11 is 8.11. The highest BCUT2D eigenvalue weighted by molar-refractivity contribution is 14.1. The van der Waals surface area contributed by atoms with Crippen LogP contribution in [0.5, 0.6) is 0 Å². The highest BCUT2D eigenvalue weighted by Crippen LogP contribution is 2.23. The Kier molecular flexibility index (Phi) is 6.54. The molecule has 110 valence electrons. The molecule has 1 aromatic carbocycles. The van der Waals surface area contributed by atoms with Gasteiger partial charge in [0.1, 0.15) is 6.04 Å². The molecule has 2 amide bonds. The van der Waals surface area contributed by atoms with Crippen molar-refractivity contribution in [2.24, 2.45) is 5.92 Å². The van der Waals surface area contributed by atoms with Crippen LogP contribution in [0.3, 0.4) is 0 Å². The number of amides is 2. The Morgan fingerprint density at radius 2 is 2.10 bits per heavy atom. The standard InChI is InChI=1S/C13H16ClIN2O3/c1-3-7(2)11(12(18)19)17-13(20)16-10-5-4-8(15)6-9(10)14/h4-7,11H,3H2,1-2H3,(H,18,19)(H2,16,17,20)/t7?,11-/m0/s1. The summed E-state index contributed by atoms with van der Waals surface area (Å²) < 4.78 is 0.946. The van der Waals surface area contributed by atoms with Crippen molar-refractivity contribution < 1.29 is 14.7 Å². The average Bonchev–Trinajstić information content (AvgIpc) is 2.38. The maximum atomic E-state index is 11.8. The Bertz CT molecular complexity index is 510. The number of anilines is 1. The van der Waals surface area contributed by atoms with Crippen LogP contribution >= 0.6 is 34.2 Å². The maximum Gasteiger partial charge on any atom is 0.326 e. The van der Waals surface area contributed by atoms with Gasteiger partial charge in [-0.05, 0) is 46.7 Å². The van der Waals surface area contributed by atoms with Crippen molar-refractivity contribution in [2.75, 3.05) is 5.32 Å². The van der Waals surface area contributed by atoms with Gasteiger partial charge in [-0.25, -0.2) is 9.59 Å². The molecule has 1 unspecified atom stereocenters. The molecule has 0 spiro atoms.